The number of esters is 1. The fourth-order valence-electron chi connectivity index (χ4n) is 5.65. The lowest BCUT2D eigenvalue weighted by Crippen LogP contribution is -2.57. The van der Waals surface area contributed by atoms with Crippen molar-refractivity contribution in [3.63, 3.8) is 0 Å². The molecule has 4 atom stereocenters. The molecule has 0 amide bonds. The van der Waals surface area contributed by atoms with Gasteiger partial charge in [-0.05, 0) is 83.8 Å². The lowest BCUT2D eigenvalue weighted by Gasteiger charge is -2.43. The molecule has 2 fully saturated rings. The van der Waals surface area contributed by atoms with Gasteiger partial charge in [0.2, 0.25) is 0 Å². The molecule has 0 saturated carbocycles. The van der Waals surface area contributed by atoms with Crippen molar-refractivity contribution >= 4 is 23.0 Å². The molecule has 37 heavy (non-hydrogen) atoms. The highest BCUT2D eigenvalue weighted by Crippen LogP contribution is 2.47. The van der Waals surface area contributed by atoms with E-state index in [-0.39, 0.29) is 23.7 Å². The largest absolute Gasteiger partial charge is 0.598 e. The average molecular weight is 538 g/mol. The maximum Gasteiger partial charge on any atom is 0.310 e. The first-order valence-corrected chi connectivity index (χ1v) is 15.4. The van der Waals surface area contributed by atoms with Crippen LogP contribution < -0.4 is 14.9 Å². The number of nitrogens with one attached hydrogen (secondary N) is 2. The van der Waals surface area contributed by atoms with Crippen LogP contribution in [0.5, 0.6) is 0 Å². The Morgan fingerprint density at radius 2 is 1.84 bits per heavy atom. The van der Waals surface area contributed by atoms with Gasteiger partial charge in [0.25, 0.3) is 0 Å². The van der Waals surface area contributed by atoms with E-state index in [9.17, 15) is 13.7 Å². The molecule has 2 saturated heterocycles. The molecule has 6 nitrogen and oxygen atoms in total. The van der Waals surface area contributed by atoms with E-state index >= 15 is 0 Å². The molecular weight excluding hydrogens is 489 g/mol. The van der Waals surface area contributed by atoms with Crippen LogP contribution in [0, 0.1) is 17.2 Å². The minimum absolute atomic E-state index is 0.133. The first-order chi connectivity index (χ1) is 17.6. The van der Waals surface area contributed by atoms with Crippen molar-refractivity contribution in [2.24, 2.45) is 11.3 Å². The van der Waals surface area contributed by atoms with E-state index in [1.54, 1.807) is 12.1 Å². The van der Waals surface area contributed by atoms with Crippen molar-refractivity contribution in [2.45, 2.75) is 109 Å². The van der Waals surface area contributed by atoms with Gasteiger partial charge < -0.3 is 19.5 Å². The Morgan fingerprint density at radius 3 is 2.43 bits per heavy atom. The summed E-state index contributed by atoms with van der Waals surface area (Å²) in [5.41, 5.74) is 0.422. The molecule has 0 aromatic heterocycles. The summed E-state index contributed by atoms with van der Waals surface area (Å²) in [6.45, 7) is 12.3. The first-order valence-electron chi connectivity index (χ1n) is 14.2. The van der Waals surface area contributed by atoms with Gasteiger partial charge in [0.05, 0.1) is 17.4 Å². The lowest BCUT2D eigenvalue weighted by molar-refractivity contribution is -0.161. The van der Waals surface area contributed by atoms with Crippen LogP contribution in [0.15, 0.2) is 24.3 Å². The molecule has 0 aliphatic carbocycles. The zero-order valence-corrected chi connectivity index (χ0v) is 24.3. The molecule has 1 aromatic rings. The number of hydrogen-bond donors (Lipinski definition) is 2. The summed E-state index contributed by atoms with van der Waals surface area (Å²) < 4.78 is 36.5. The molecule has 1 aromatic carbocycles. The SMILES string of the molecule is CCCCCCC[C@@H](CC)C(=O)O[C@H]1N(c2ccc(F)cc2)C[C@@H](N[S@+]([O-])C(C)(C)C)C12CCNCC2. The highest BCUT2D eigenvalue weighted by molar-refractivity contribution is 7.90. The van der Waals surface area contributed by atoms with Gasteiger partial charge in [-0.1, -0.05) is 46.0 Å². The first kappa shape index (κ1) is 30.2. The second-order valence-corrected chi connectivity index (χ2v) is 13.8. The third kappa shape index (κ3) is 7.61. The molecular formula is C29H48FN3O3S. The smallest absolute Gasteiger partial charge is 0.310 e. The van der Waals surface area contributed by atoms with Crippen LogP contribution in [0.4, 0.5) is 10.1 Å². The Hall–Kier alpha value is -1.35. The molecule has 0 unspecified atom stereocenters. The van der Waals surface area contributed by atoms with Gasteiger partial charge in [0.1, 0.15) is 10.6 Å². The van der Waals surface area contributed by atoms with Crippen LogP contribution in [0.1, 0.15) is 92.4 Å². The van der Waals surface area contributed by atoms with E-state index in [4.69, 9.17) is 4.74 Å². The Bertz CT molecular complexity index is 842. The van der Waals surface area contributed by atoms with Gasteiger partial charge in [-0.3, -0.25) is 4.79 Å². The van der Waals surface area contributed by atoms with E-state index in [1.807, 2.05) is 20.8 Å². The van der Waals surface area contributed by atoms with Gasteiger partial charge >= 0.3 is 5.97 Å². The molecule has 2 heterocycles. The number of hydrogen-bond acceptors (Lipinski definition) is 6. The summed E-state index contributed by atoms with van der Waals surface area (Å²) in [5, 5.41) is 3.44. The van der Waals surface area contributed by atoms with E-state index in [0.29, 0.717) is 6.54 Å². The molecule has 2 N–H and O–H groups in total. The van der Waals surface area contributed by atoms with Gasteiger partial charge in [-0.15, -0.1) is 4.72 Å². The number of anilines is 1. The highest BCUT2D eigenvalue weighted by Gasteiger charge is 2.58. The number of nitrogens with zero attached hydrogens (tertiary/aromatic N) is 1. The number of carbonyl (C=O) groups is 1. The van der Waals surface area contributed by atoms with Crippen molar-refractivity contribution in [3.05, 3.63) is 30.1 Å². The number of carbonyl (C=O) groups excluding carboxylic acids is 1. The number of unbranched alkanes of at least 4 members (excludes halogenated alkanes) is 4. The second kappa shape index (κ2) is 13.6. The topological polar surface area (TPSA) is 76.7 Å². The average Bonchev–Trinajstić information content (AvgIpc) is 3.13. The van der Waals surface area contributed by atoms with E-state index in [2.05, 4.69) is 28.8 Å². The Labute approximate surface area is 226 Å². The van der Waals surface area contributed by atoms with Crippen LogP contribution in [0.2, 0.25) is 0 Å². The Morgan fingerprint density at radius 1 is 1.19 bits per heavy atom. The Kier molecular flexibility index (Phi) is 11.1. The summed E-state index contributed by atoms with van der Waals surface area (Å²) >= 11 is -1.27. The molecule has 210 valence electrons. The zero-order chi connectivity index (χ0) is 27.1. The van der Waals surface area contributed by atoms with Gasteiger partial charge in [-0.2, -0.15) is 0 Å². The van der Waals surface area contributed by atoms with E-state index in [1.165, 1.54) is 31.4 Å². The van der Waals surface area contributed by atoms with Crippen LogP contribution in [-0.4, -0.2) is 47.2 Å². The maximum absolute atomic E-state index is 13.8. The molecule has 0 bridgehead atoms. The normalized spacial score (nSPS) is 23.3. The third-order valence-electron chi connectivity index (χ3n) is 8.06. The minimum Gasteiger partial charge on any atom is -0.598 e. The van der Waals surface area contributed by atoms with E-state index < -0.39 is 27.8 Å². The fraction of sp³-hybridized carbons (Fsp3) is 0.759. The van der Waals surface area contributed by atoms with Crippen LogP contribution >= 0.6 is 0 Å². The fourth-order valence-corrected chi connectivity index (χ4v) is 6.57. The summed E-state index contributed by atoms with van der Waals surface area (Å²) in [4.78, 5) is 15.7. The number of ether oxygens (including phenoxy) is 1. The second-order valence-electron chi connectivity index (χ2n) is 11.8. The zero-order valence-electron chi connectivity index (χ0n) is 23.5. The van der Waals surface area contributed by atoms with Gasteiger partial charge in [0, 0.05) is 23.6 Å². The summed E-state index contributed by atoms with van der Waals surface area (Å²) in [6.07, 6.45) is 8.50. The van der Waals surface area contributed by atoms with E-state index in [0.717, 1.165) is 57.3 Å². The van der Waals surface area contributed by atoms with Gasteiger partial charge in [-0.25, -0.2) is 4.39 Å². The van der Waals surface area contributed by atoms with Gasteiger partial charge in [0.15, 0.2) is 6.23 Å². The molecule has 0 radical (unpaired) electrons. The van der Waals surface area contributed by atoms with Crippen molar-refractivity contribution in [3.8, 4) is 0 Å². The third-order valence-corrected chi connectivity index (χ3v) is 9.67. The number of benzene rings is 1. The predicted molar refractivity (Wildman–Crippen MR) is 150 cm³/mol. The molecule has 2 aliphatic heterocycles. The van der Waals surface area contributed by atoms with Crippen molar-refractivity contribution in [1.82, 2.24) is 10.0 Å². The predicted octanol–water partition coefficient (Wildman–Crippen LogP) is 5.69. The highest BCUT2D eigenvalue weighted by atomic mass is 32.2. The monoisotopic (exact) mass is 537 g/mol. The molecule has 1 spiro atoms. The lowest BCUT2D eigenvalue weighted by atomic mass is 9.74. The van der Waals surface area contributed by atoms with Crippen molar-refractivity contribution < 1.29 is 18.5 Å². The van der Waals surface area contributed by atoms with Crippen LogP contribution in [0.3, 0.4) is 0 Å². The van der Waals surface area contributed by atoms with Crippen molar-refractivity contribution in [2.75, 3.05) is 24.5 Å². The summed E-state index contributed by atoms with van der Waals surface area (Å²) in [5.74, 6) is -0.581. The number of halogens is 1. The summed E-state index contributed by atoms with van der Waals surface area (Å²) in [7, 11) is 0. The standard InChI is InChI=1S/C29H48FN3O3S/c1-6-8-9-10-11-12-22(7-2)26(34)36-27-29(17-19-31-20-18-29)25(32-37(35)28(3,4)5)21-33(27)24-15-13-23(30)14-16-24/h13-16,22,25,27,31-32H,6-12,17-21H2,1-5H3/t22-,25-,27-,37-/m1/s1. The quantitative estimate of drug-likeness (QED) is 0.203. The van der Waals surface area contributed by atoms with Crippen LogP contribution in [-0.2, 0) is 20.9 Å². The molecule has 3 rings (SSSR count). The van der Waals surface area contributed by atoms with Crippen molar-refractivity contribution in [1.29, 1.82) is 0 Å². The molecule has 2 aliphatic rings. The van der Waals surface area contributed by atoms with Crippen LogP contribution in [0.25, 0.3) is 0 Å². The Balaban J connectivity index is 1.88. The molecule has 8 heteroatoms. The summed E-state index contributed by atoms with van der Waals surface area (Å²) in [6, 6.07) is 6.26. The number of piperidine rings is 1. The minimum atomic E-state index is -1.27. The maximum atomic E-state index is 13.8. The number of rotatable bonds is 12.